The van der Waals surface area contributed by atoms with Gasteiger partial charge in [-0.15, -0.1) is 11.8 Å². The first-order valence-electron chi connectivity index (χ1n) is 5.94. The highest BCUT2D eigenvalue weighted by Crippen LogP contribution is 2.49. The molecule has 0 radical (unpaired) electrons. The molecular formula is C12H23NS. The lowest BCUT2D eigenvalue weighted by Gasteiger charge is -2.48. The molecule has 2 unspecified atom stereocenters. The Kier molecular flexibility index (Phi) is 2.87. The average Bonchev–Trinajstić information content (AvgIpc) is 2.00. The van der Waals surface area contributed by atoms with E-state index < -0.39 is 0 Å². The molecule has 2 aliphatic rings. The smallest absolute Gasteiger partial charge is 0.0653 e. The van der Waals surface area contributed by atoms with Gasteiger partial charge in [0.05, 0.1) is 4.87 Å². The number of nitrogens with one attached hydrogen (secondary N) is 1. The van der Waals surface area contributed by atoms with E-state index >= 15 is 0 Å². The highest BCUT2D eigenvalue weighted by molar-refractivity contribution is 8.01. The highest BCUT2D eigenvalue weighted by atomic mass is 32.2. The van der Waals surface area contributed by atoms with Crippen molar-refractivity contribution in [1.29, 1.82) is 0 Å². The molecule has 0 aromatic heterocycles. The van der Waals surface area contributed by atoms with Crippen molar-refractivity contribution in [3.05, 3.63) is 0 Å². The van der Waals surface area contributed by atoms with Crippen LogP contribution < -0.4 is 5.32 Å². The Morgan fingerprint density at radius 3 is 2.71 bits per heavy atom. The summed E-state index contributed by atoms with van der Waals surface area (Å²) < 4.78 is 0. The first kappa shape index (κ1) is 10.8. The van der Waals surface area contributed by atoms with Crippen molar-refractivity contribution in [2.24, 2.45) is 5.41 Å². The first-order chi connectivity index (χ1) is 6.52. The second-order valence-corrected chi connectivity index (χ2v) is 7.65. The third-order valence-electron chi connectivity index (χ3n) is 3.62. The Bertz CT molecular complexity index is 210. The lowest BCUT2D eigenvalue weighted by molar-refractivity contribution is 0.175. The Morgan fingerprint density at radius 2 is 2.07 bits per heavy atom. The minimum Gasteiger partial charge on any atom is -0.303 e. The fourth-order valence-corrected chi connectivity index (χ4v) is 4.97. The normalized spacial score (nSPS) is 42.6. The second-order valence-electron chi connectivity index (χ2n) is 5.83. The van der Waals surface area contributed by atoms with E-state index in [0.29, 0.717) is 10.3 Å². The van der Waals surface area contributed by atoms with E-state index in [9.17, 15) is 0 Å². The zero-order valence-electron chi connectivity index (χ0n) is 9.73. The number of rotatable bonds is 0. The number of thioether (sulfide) groups is 1. The molecule has 82 valence electrons. The fraction of sp³-hybridized carbons (Fsp3) is 1.00. The van der Waals surface area contributed by atoms with Gasteiger partial charge in [0, 0.05) is 5.25 Å². The third-order valence-corrected chi connectivity index (χ3v) is 5.21. The van der Waals surface area contributed by atoms with Gasteiger partial charge in [0.1, 0.15) is 0 Å². The molecule has 2 atom stereocenters. The third kappa shape index (κ3) is 2.27. The number of hydrogen-bond donors (Lipinski definition) is 1. The van der Waals surface area contributed by atoms with Gasteiger partial charge in [-0.1, -0.05) is 27.2 Å². The van der Waals surface area contributed by atoms with Crippen molar-refractivity contribution < 1.29 is 0 Å². The molecule has 2 fully saturated rings. The van der Waals surface area contributed by atoms with Crippen LogP contribution in [0.5, 0.6) is 0 Å². The molecule has 1 nitrogen and oxygen atoms in total. The largest absolute Gasteiger partial charge is 0.303 e. The van der Waals surface area contributed by atoms with E-state index in [1.165, 1.54) is 38.6 Å². The maximum Gasteiger partial charge on any atom is 0.0653 e. The summed E-state index contributed by atoms with van der Waals surface area (Å²) >= 11 is 2.20. The summed E-state index contributed by atoms with van der Waals surface area (Å²) in [6.45, 7) is 8.46. The van der Waals surface area contributed by atoms with Crippen LogP contribution in [0.3, 0.4) is 0 Å². The zero-order valence-corrected chi connectivity index (χ0v) is 10.5. The summed E-state index contributed by atoms with van der Waals surface area (Å²) in [6.07, 6.45) is 6.89. The molecular weight excluding hydrogens is 190 g/mol. The monoisotopic (exact) mass is 213 g/mol. The molecule has 2 rings (SSSR count). The van der Waals surface area contributed by atoms with E-state index in [-0.39, 0.29) is 0 Å². The molecule has 0 aromatic carbocycles. The molecule has 1 saturated heterocycles. The summed E-state index contributed by atoms with van der Waals surface area (Å²) in [7, 11) is 0. The minimum absolute atomic E-state index is 0.430. The van der Waals surface area contributed by atoms with Crippen molar-refractivity contribution >= 4 is 11.8 Å². The molecule has 2 heteroatoms. The molecule has 1 aliphatic carbocycles. The van der Waals surface area contributed by atoms with Gasteiger partial charge in [-0.2, -0.15) is 0 Å². The van der Waals surface area contributed by atoms with Crippen LogP contribution in [-0.4, -0.2) is 16.7 Å². The lowest BCUT2D eigenvalue weighted by atomic mass is 9.74. The topological polar surface area (TPSA) is 12.0 Å². The van der Waals surface area contributed by atoms with Gasteiger partial charge in [0.15, 0.2) is 0 Å². The zero-order chi connectivity index (χ0) is 10.2. The van der Waals surface area contributed by atoms with Crippen LogP contribution in [0.4, 0.5) is 0 Å². The van der Waals surface area contributed by atoms with Crippen molar-refractivity contribution in [2.75, 3.05) is 6.54 Å². The van der Waals surface area contributed by atoms with Gasteiger partial charge >= 0.3 is 0 Å². The van der Waals surface area contributed by atoms with E-state index in [0.717, 1.165) is 5.25 Å². The number of hydrogen-bond acceptors (Lipinski definition) is 2. The molecule has 0 aromatic rings. The quantitative estimate of drug-likeness (QED) is 0.662. The average molecular weight is 213 g/mol. The molecule has 1 spiro atoms. The molecule has 1 heterocycles. The Morgan fingerprint density at radius 1 is 1.29 bits per heavy atom. The summed E-state index contributed by atoms with van der Waals surface area (Å²) in [4.78, 5) is 0.430. The molecule has 14 heavy (non-hydrogen) atoms. The van der Waals surface area contributed by atoms with E-state index in [1.807, 2.05) is 0 Å². The van der Waals surface area contributed by atoms with Crippen molar-refractivity contribution in [3.63, 3.8) is 0 Å². The predicted octanol–water partition coefficient (Wildman–Crippen LogP) is 3.40. The Hall–Kier alpha value is 0.310. The van der Waals surface area contributed by atoms with Gasteiger partial charge in [0.2, 0.25) is 0 Å². The van der Waals surface area contributed by atoms with Crippen molar-refractivity contribution in [3.8, 4) is 0 Å². The fourth-order valence-electron chi connectivity index (χ4n) is 3.04. The van der Waals surface area contributed by atoms with Crippen LogP contribution in [0, 0.1) is 5.41 Å². The molecule has 0 bridgehead atoms. The standard InChI is InChI=1S/C12H23NS/c1-10-5-8-13-12(14-10)7-4-6-11(2,3)9-12/h10,13H,4-9H2,1-3H3. The second kappa shape index (κ2) is 3.71. The Labute approximate surface area is 92.4 Å². The van der Waals surface area contributed by atoms with Crippen LogP contribution in [-0.2, 0) is 0 Å². The Balaban J connectivity index is 2.06. The van der Waals surface area contributed by atoms with E-state index in [4.69, 9.17) is 0 Å². The van der Waals surface area contributed by atoms with E-state index in [2.05, 4.69) is 37.8 Å². The predicted molar refractivity (Wildman–Crippen MR) is 64.7 cm³/mol. The first-order valence-corrected chi connectivity index (χ1v) is 6.82. The summed E-state index contributed by atoms with van der Waals surface area (Å²) in [6, 6.07) is 0. The van der Waals surface area contributed by atoms with Crippen LogP contribution in [0.1, 0.15) is 52.9 Å². The summed E-state index contributed by atoms with van der Waals surface area (Å²) in [5.41, 5.74) is 0.551. The highest BCUT2D eigenvalue weighted by Gasteiger charge is 2.42. The summed E-state index contributed by atoms with van der Waals surface area (Å²) in [5, 5.41) is 4.64. The van der Waals surface area contributed by atoms with Gasteiger partial charge in [-0.3, -0.25) is 0 Å². The maximum atomic E-state index is 3.78. The molecule has 1 saturated carbocycles. The van der Waals surface area contributed by atoms with Crippen LogP contribution >= 0.6 is 11.8 Å². The SMILES string of the molecule is CC1CCNC2(CCCC(C)(C)C2)S1. The van der Waals surface area contributed by atoms with Crippen molar-refractivity contribution in [2.45, 2.75) is 63.0 Å². The maximum absolute atomic E-state index is 3.78. The van der Waals surface area contributed by atoms with Crippen LogP contribution in [0.25, 0.3) is 0 Å². The molecule has 1 N–H and O–H groups in total. The van der Waals surface area contributed by atoms with Crippen molar-refractivity contribution in [1.82, 2.24) is 5.32 Å². The van der Waals surface area contributed by atoms with Gasteiger partial charge in [0.25, 0.3) is 0 Å². The summed E-state index contributed by atoms with van der Waals surface area (Å²) in [5.74, 6) is 0. The van der Waals surface area contributed by atoms with Gasteiger partial charge < -0.3 is 5.32 Å². The molecule has 0 amide bonds. The van der Waals surface area contributed by atoms with Crippen LogP contribution in [0.2, 0.25) is 0 Å². The lowest BCUT2D eigenvalue weighted by Crippen LogP contribution is -2.52. The minimum atomic E-state index is 0.430. The van der Waals surface area contributed by atoms with Gasteiger partial charge in [-0.05, 0) is 37.6 Å². The van der Waals surface area contributed by atoms with E-state index in [1.54, 1.807) is 0 Å². The molecule has 1 aliphatic heterocycles. The van der Waals surface area contributed by atoms with Crippen LogP contribution in [0.15, 0.2) is 0 Å². The van der Waals surface area contributed by atoms with Gasteiger partial charge in [-0.25, -0.2) is 0 Å².